The second-order valence-corrected chi connectivity index (χ2v) is 13.4. The molecule has 0 aromatic heterocycles. The number of fused-ring (bicyclic) bond motifs is 1. The molecule has 1 heterocycles. The summed E-state index contributed by atoms with van der Waals surface area (Å²) in [5, 5.41) is 15.7. The van der Waals surface area contributed by atoms with E-state index in [0.29, 0.717) is 18.7 Å². The smallest absolute Gasteiger partial charge is 0.320 e. The van der Waals surface area contributed by atoms with Gasteiger partial charge in [0.2, 0.25) is 0 Å². The van der Waals surface area contributed by atoms with Crippen LogP contribution >= 0.6 is 0 Å². The Morgan fingerprint density at radius 3 is 2.00 bits per heavy atom. The average molecular weight is 434 g/mol. The first-order chi connectivity index (χ1) is 14.8. The van der Waals surface area contributed by atoms with Crippen molar-refractivity contribution >= 4 is 24.4 Å². The van der Waals surface area contributed by atoms with E-state index in [9.17, 15) is 5.11 Å². The van der Waals surface area contributed by atoms with E-state index in [1.54, 1.807) is 7.11 Å². The van der Waals surface area contributed by atoms with Gasteiger partial charge >= 0.3 is 8.32 Å². The van der Waals surface area contributed by atoms with E-state index in [4.69, 9.17) is 9.16 Å². The van der Waals surface area contributed by atoms with Gasteiger partial charge in [-0.25, -0.2) is 0 Å². The minimum Gasteiger partial charge on any atom is -0.531 e. The van der Waals surface area contributed by atoms with Gasteiger partial charge < -0.3 is 19.6 Å². The van der Waals surface area contributed by atoms with Crippen LogP contribution in [0.4, 0.5) is 5.69 Å². The fourth-order valence-corrected chi connectivity index (χ4v) is 8.96. The number of benzene rings is 3. The predicted molar refractivity (Wildman–Crippen MR) is 129 cm³/mol. The summed E-state index contributed by atoms with van der Waals surface area (Å²) in [7, 11) is -1.08. The summed E-state index contributed by atoms with van der Waals surface area (Å²) >= 11 is 0. The molecule has 4 rings (SSSR count). The normalized spacial score (nSPS) is 16.2. The third-order valence-electron chi connectivity index (χ3n) is 6.05. The Morgan fingerprint density at radius 2 is 1.48 bits per heavy atom. The zero-order valence-corrected chi connectivity index (χ0v) is 19.7. The molecule has 3 aromatic carbocycles. The van der Waals surface area contributed by atoms with Gasteiger partial charge in [0.1, 0.15) is 5.75 Å². The quantitative estimate of drug-likeness (QED) is 0.598. The van der Waals surface area contributed by atoms with Crippen LogP contribution in [-0.4, -0.2) is 33.2 Å². The molecule has 5 heteroatoms. The molecule has 0 saturated carbocycles. The molecule has 0 radical (unpaired) electrons. The molecule has 2 N–H and O–H groups in total. The van der Waals surface area contributed by atoms with Crippen molar-refractivity contribution in [3.63, 3.8) is 0 Å². The number of aliphatic hydroxyl groups is 1. The Hall–Kier alpha value is -2.76. The second-order valence-electron chi connectivity index (χ2n) is 9.16. The Morgan fingerprint density at radius 1 is 0.903 bits per heavy atom. The van der Waals surface area contributed by atoms with Crippen molar-refractivity contribution in [1.82, 2.24) is 0 Å². The van der Waals surface area contributed by atoms with E-state index >= 15 is 0 Å². The highest BCUT2D eigenvalue weighted by Crippen LogP contribution is 2.42. The van der Waals surface area contributed by atoms with E-state index in [1.807, 2.05) is 24.3 Å². The van der Waals surface area contributed by atoms with Crippen LogP contribution in [0.1, 0.15) is 26.3 Å². The Bertz CT molecular complexity index is 992. The largest absolute Gasteiger partial charge is 0.531 e. The monoisotopic (exact) mass is 433 g/mol. The van der Waals surface area contributed by atoms with E-state index in [1.165, 1.54) is 10.4 Å². The van der Waals surface area contributed by atoms with Gasteiger partial charge in [-0.1, -0.05) is 81.4 Å². The topological polar surface area (TPSA) is 50.7 Å². The van der Waals surface area contributed by atoms with Gasteiger partial charge in [0.15, 0.2) is 5.75 Å². The summed E-state index contributed by atoms with van der Waals surface area (Å²) in [6.07, 6.45) is 0.199. The highest BCUT2D eigenvalue weighted by molar-refractivity contribution is 7.00. The first-order valence-corrected chi connectivity index (χ1v) is 12.7. The summed E-state index contributed by atoms with van der Waals surface area (Å²) in [5.74, 6) is 1.43. The third-order valence-corrected chi connectivity index (χ3v) is 11.0. The molecule has 0 spiro atoms. The predicted octanol–water partition coefficient (Wildman–Crippen LogP) is 3.96. The molecule has 0 saturated heterocycles. The van der Waals surface area contributed by atoms with Crippen molar-refractivity contribution in [2.75, 3.05) is 19.0 Å². The highest BCUT2D eigenvalue weighted by Gasteiger charge is 2.52. The molecule has 0 bridgehead atoms. The molecule has 0 aliphatic carbocycles. The number of β-amino-alcohol motifs (C(OH)–C–C–N with tert-alkyl or cyclic N) is 1. The number of ether oxygens (including phenoxy) is 1. The lowest BCUT2D eigenvalue weighted by atomic mass is 10.0. The molecule has 4 nitrogen and oxygen atoms in total. The van der Waals surface area contributed by atoms with E-state index < -0.39 is 14.4 Å². The lowest BCUT2D eigenvalue weighted by Crippen LogP contribution is -2.68. The number of anilines is 1. The maximum Gasteiger partial charge on any atom is 0.320 e. The Kier molecular flexibility index (Phi) is 5.82. The minimum atomic E-state index is -2.76. The van der Waals surface area contributed by atoms with Crippen LogP contribution in [0.5, 0.6) is 11.5 Å². The van der Waals surface area contributed by atoms with Crippen molar-refractivity contribution in [1.29, 1.82) is 0 Å². The third kappa shape index (κ3) is 3.95. The van der Waals surface area contributed by atoms with Crippen molar-refractivity contribution in [2.24, 2.45) is 0 Å². The SMILES string of the molecule is COc1cc2c(cc1O[Si](c1ccccc1)(c1ccccc1)C(C)(C)C)C[C@@H](O)CN2. The summed E-state index contributed by atoms with van der Waals surface area (Å²) in [5.41, 5.74) is 2.05. The second kappa shape index (κ2) is 8.40. The first kappa shape index (κ1) is 21.5. The molecule has 31 heavy (non-hydrogen) atoms. The lowest BCUT2D eigenvalue weighted by Gasteiger charge is -2.43. The van der Waals surface area contributed by atoms with Crippen LogP contribution in [0.15, 0.2) is 72.8 Å². The fraction of sp³-hybridized carbons (Fsp3) is 0.308. The van der Waals surface area contributed by atoms with Gasteiger partial charge in [-0.05, 0) is 27.0 Å². The molecule has 0 fully saturated rings. The van der Waals surface area contributed by atoms with Gasteiger partial charge in [0.05, 0.1) is 13.2 Å². The van der Waals surface area contributed by atoms with Crippen LogP contribution < -0.4 is 24.9 Å². The summed E-state index contributed by atoms with van der Waals surface area (Å²) in [4.78, 5) is 0. The van der Waals surface area contributed by atoms with Gasteiger partial charge in [-0.3, -0.25) is 0 Å². The van der Waals surface area contributed by atoms with Gasteiger partial charge in [0, 0.05) is 24.7 Å². The number of aliphatic hydroxyl groups excluding tert-OH is 1. The number of methoxy groups -OCH3 is 1. The molecule has 162 valence electrons. The maximum absolute atomic E-state index is 10.2. The Labute approximate surface area is 186 Å². The average Bonchev–Trinajstić information content (AvgIpc) is 2.77. The molecule has 0 unspecified atom stereocenters. The van der Waals surface area contributed by atoms with Crippen molar-refractivity contribution in [3.05, 3.63) is 78.4 Å². The van der Waals surface area contributed by atoms with Crippen LogP contribution in [0.2, 0.25) is 5.04 Å². The first-order valence-electron chi connectivity index (χ1n) is 10.8. The molecular weight excluding hydrogens is 402 g/mol. The highest BCUT2D eigenvalue weighted by atomic mass is 28.4. The number of rotatable bonds is 5. The number of hydrogen-bond donors (Lipinski definition) is 2. The fourth-order valence-electron chi connectivity index (χ4n) is 4.54. The molecule has 1 aliphatic heterocycles. The van der Waals surface area contributed by atoms with E-state index in [-0.39, 0.29) is 5.04 Å². The van der Waals surface area contributed by atoms with E-state index in [0.717, 1.165) is 17.0 Å². The summed E-state index contributed by atoms with van der Waals surface area (Å²) in [6.45, 7) is 7.32. The zero-order chi connectivity index (χ0) is 22.1. The van der Waals surface area contributed by atoms with Gasteiger partial charge in [-0.15, -0.1) is 0 Å². The molecular formula is C26H31NO3Si. The number of hydrogen-bond acceptors (Lipinski definition) is 4. The number of nitrogens with one attached hydrogen (secondary N) is 1. The minimum absolute atomic E-state index is 0.144. The van der Waals surface area contributed by atoms with Crippen molar-refractivity contribution in [2.45, 2.75) is 38.3 Å². The van der Waals surface area contributed by atoms with Crippen molar-refractivity contribution in [3.8, 4) is 11.5 Å². The molecule has 1 atom stereocenters. The molecule has 1 aliphatic rings. The zero-order valence-electron chi connectivity index (χ0n) is 18.7. The van der Waals surface area contributed by atoms with Crippen LogP contribution in [0.3, 0.4) is 0 Å². The standard InChI is InChI=1S/C26H31NO3Si/c1-26(2,3)31(21-11-7-5-8-12-21,22-13-9-6-10-14-22)30-25-16-19-15-20(28)18-27-23(19)17-24(25)29-4/h5-14,16-17,20,27-28H,15,18H2,1-4H3/t20-/m1/s1. The van der Waals surface area contributed by atoms with Crippen molar-refractivity contribution < 1.29 is 14.3 Å². The van der Waals surface area contributed by atoms with Crippen LogP contribution in [0, 0.1) is 0 Å². The van der Waals surface area contributed by atoms with Gasteiger partial charge in [0.25, 0.3) is 0 Å². The Balaban J connectivity index is 1.93. The molecule has 3 aromatic rings. The van der Waals surface area contributed by atoms with Gasteiger partial charge in [-0.2, -0.15) is 0 Å². The van der Waals surface area contributed by atoms with Crippen LogP contribution in [0.25, 0.3) is 0 Å². The summed E-state index contributed by atoms with van der Waals surface area (Å²) < 4.78 is 12.9. The van der Waals surface area contributed by atoms with E-state index in [2.05, 4.69) is 74.6 Å². The maximum atomic E-state index is 10.2. The van der Waals surface area contributed by atoms with Crippen LogP contribution in [-0.2, 0) is 6.42 Å². The summed E-state index contributed by atoms with van der Waals surface area (Å²) in [6, 6.07) is 25.2. The lowest BCUT2D eigenvalue weighted by molar-refractivity contribution is 0.184. The molecule has 0 amide bonds.